The number of nitrogens with one attached hydrogen (secondary N) is 1. The highest BCUT2D eigenvalue weighted by molar-refractivity contribution is 5.44. The van der Waals surface area contributed by atoms with Gasteiger partial charge in [-0.15, -0.1) is 0 Å². The molecule has 1 aromatic heterocycles. The van der Waals surface area contributed by atoms with Crippen LogP contribution >= 0.6 is 0 Å². The molecule has 6 nitrogen and oxygen atoms in total. The number of aryl methyl sites for hydroxylation is 1. The van der Waals surface area contributed by atoms with Crippen molar-refractivity contribution in [3.63, 3.8) is 0 Å². The number of hydrogen-bond donors (Lipinski definition) is 2. The Kier molecular flexibility index (Phi) is 3.98. The van der Waals surface area contributed by atoms with Crippen molar-refractivity contribution < 1.29 is 9.47 Å². The number of nitrogens with zero attached hydrogens (tertiary/aromatic N) is 2. The van der Waals surface area contributed by atoms with Gasteiger partial charge in [-0.1, -0.05) is 6.92 Å². The van der Waals surface area contributed by atoms with Crippen LogP contribution in [0.4, 0.5) is 11.6 Å². The summed E-state index contributed by atoms with van der Waals surface area (Å²) in [6.45, 7) is 4.00. The van der Waals surface area contributed by atoms with Gasteiger partial charge in [0, 0.05) is 39.2 Å². The van der Waals surface area contributed by atoms with Gasteiger partial charge in [0.05, 0.1) is 6.61 Å². The lowest BCUT2D eigenvalue weighted by Crippen LogP contribution is -2.39. The molecule has 100 valence electrons. The molecule has 6 heteroatoms. The second kappa shape index (κ2) is 5.49. The SMILES string of the molecule is CCc1nc(N)cc(NCC2(OC)CCOC2)n1. The van der Waals surface area contributed by atoms with Gasteiger partial charge in [-0.2, -0.15) is 0 Å². The van der Waals surface area contributed by atoms with Crippen LogP contribution in [0.25, 0.3) is 0 Å². The second-order valence-corrected chi connectivity index (χ2v) is 4.49. The zero-order valence-corrected chi connectivity index (χ0v) is 10.9. The first-order chi connectivity index (χ1) is 8.67. The number of anilines is 2. The summed E-state index contributed by atoms with van der Waals surface area (Å²) in [5.41, 5.74) is 5.48. The number of ether oxygens (including phenoxy) is 2. The van der Waals surface area contributed by atoms with Crippen LogP contribution in [0.3, 0.4) is 0 Å². The van der Waals surface area contributed by atoms with E-state index >= 15 is 0 Å². The lowest BCUT2D eigenvalue weighted by Gasteiger charge is -2.26. The fourth-order valence-electron chi connectivity index (χ4n) is 1.98. The van der Waals surface area contributed by atoms with Crippen molar-refractivity contribution in [3.05, 3.63) is 11.9 Å². The Labute approximate surface area is 107 Å². The van der Waals surface area contributed by atoms with E-state index in [0.29, 0.717) is 19.0 Å². The number of hydrogen-bond acceptors (Lipinski definition) is 6. The molecular formula is C12H20N4O2. The van der Waals surface area contributed by atoms with Crippen LogP contribution in [0.2, 0.25) is 0 Å². The van der Waals surface area contributed by atoms with Crippen LogP contribution < -0.4 is 11.1 Å². The van der Waals surface area contributed by atoms with Crippen LogP contribution in [0.1, 0.15) is 19.2 Å². The van der Waals surface area contributed by atoms with Gasteiger partial charge in [-0.3, -0.25) is 0 Å². The van der Waals surface area contributed by atoms with Crippen molar-refractivity contribution in [1.82, 2.24) is 9.97 Å². The van der Waals surface area contributed by atoms with Crippen LogP contribution in [-0.4, -0.2) is 42.4 Å². The van der Waals surface area contributed by atoms with E-state index in [1.54, 1.807) is 13.2 Å². The minimum absolute atomic E-state index is 0.258. The van der Waals surface area contributed by atoms with E-state index in [1.807, 2.05) is 6.92 Å². The molecular weight excluding hydrogens is 232 g/mol. The van der Waals surface area contributed by atoms with Crippen molar-refractivity contribution in [2.45, 2.75) is 25.4 Å². The Morgan fingerprint density at radius 2 is 2.39 bits per heavy atom. The molecule has 2 rings (SSSR count). The summed E-state index contributed by atoms with van der Waals surface area (Å²) in [6.07, 6.45) is 1.65. The van der Waals surface area contributed by atoms with Gasteiger partial charge < -0.3 is 20.5 Å². The van der Waals surface area contributed by atoms with E-state index in [0.717, 1.165) is 31.1 Å². The highest BCUT2D eigenvalue weighted by Gasteiger charge is 2.34. The van der Waals surface area contributed by atoms with E-state index in [4.69, 9.17) is 15.2 Å². The summed E-state index contributed by atoms with van der Waals surface area (Å²) < 4.78 is 10.9. The topological polar surface area (TPSA) is 82.3 Å². The number of methoxy groups -OCH3 is 1. The molecule has 0 aliphatic carbocycles. The molecule has 1 saturated heterocycles. The Bertz CT molecular complexity index is 405. The maximum absolute atomic E-state index is 5.74. The lowest BCUT2D eigenvalue weighted by atomic mass is 10.0. The monoisotopic (exact) mass is 252 g/mol. The quantitative estimate of drug-likeness (QED) is 0.808. The Balaban J connectivity index is 2.03. The average molecular weight is 252 g/mol. The average Bonchev–Trinajstić information content (AvgIpc) is 2.85. The van der Waals surface area contributed by atoms with Gasteiger partial charge in [0.1, 0.15) is 23.1 Å². The van der Waals surface area contributed by atoms with Gasteiger partial charge in [-0.25, -0.2) is 9.97 Å². The van der Waals surface area contributed by atoms with Crippen LogP contribution in [0.15, 0.2) is 6.07 Å². The summed E-state index contributed by atoms with van der Waals surface area (Å²) >= 11 is 0. The van der Waals surface area contributed by atoms with Crippen molar-refractivity contribution in [1.29, 1.82) is 0 Å². The van der Waals surface area contributed by atoms with E-state index in [9.17, 15) is 0 Å². The van der Waals surface area contributed by atoms with E-state index in [1.165, 1.54) is 0 Å². The summed E-state index contributed by atoms with van der Waals surface area (Å²) in [4.78, 5) is 8.52. The highest BCUT2D eigenvalue weighted by atomic mass is 16.5. The first kappa shape index (κ1) is 13.0. The molecule has 0 saturated carbocycles. The number of aromatic nitrogens is 2. The number of rotatable bonds is 5. The molecule has 1 fully saturated rings. The molecule has 1 aliphatic heterocycles. The Morgan fingerprint density at radius 3 is 3.00 bits per heavy atom. The maximum atomic E-state index is 5.74. The van der Waals surface area contributed by atoms with Gasteiger partial charge in [0.15, 0.2) is 0 Å². The maximum Gasteiger partial charge on any atom is 0.132 e. The molecule has 1 unspecified atom stereocenters. The van der Waals surface area contributed by atoms with Crippen LogP contribution in [0, 0.1) is 0 Å². The molecule has 18 heavy (non-hydrogen) atoms. The van der Waals surface area contributed by atoms with Gasteiger partial charge in [-0.05, 0) is 0 Å². The predicted molar refractivity (Wildman–Crippen MR) is 69.5 cm³/mol. The third-order valence-corrected chi connectivity index (χ3v) is 3.20. The normalized spacial score (nSPS) is 23.2. The Hall–Kier alpha value is -1.40. The third-order valence-electron chi connectivity index (χ3n) is 3.20. The van der Waals surface area contributed by atoms with Crippen molar-refractivity contribution >= 4 is 11.6 Å². The van der Waals surface area contributed by atoms with Crippen LogP contribution in [-0.2, 0) is 15.9 Å². The third kappa shape index (κ3) is 2.88. The predicted octanol–water partition coefficient (Wildman–Crippen LogP) is 0.839. The molecule has 0 amide bonds. The van der Waals surface area contributed by atoms with E-state index in [2.05, 4.69) is 15.3 Å². The number of nitrogens with two attached hydrogens (primary N) is 1. The van der Waals surface area contributed by atoms with Crippen LogP contribution in [0.5, 0.6) is 0 Å². The van der Waals surface area contributed by atoms with Gasteiger partial charge in [0.25, 0.3) is 0 Å². The molecule has 0 bridgehead atoms. The molecule has 0 aromatic carbocycles. The van der Waals surface area contributed by atoms with E-state index < -0.39 is 0 Å². The van der Waals surface area contributed by atoms with Crippen molar-refractivity contribution in [2.75, 3.05) is 37.9 Å². The first-order valence-electron chi connectivity index (χ1n) is 6.18. The number of nitrogen functional groups attached to an aromatic ring is 1. The summed E-state index contributed by atoms with van der Waals surface area (Å²) in [7, 11) is 1.71. The minimum Gasteiger partial charge on any atom is -0.384 e. The standard InChI is InChI=1S/C12H20N4O2/c1-3-10-15-9(13)6-11(16-10)14-7-12(17-2)4-5-18-8-12/h6H,3-5,7-8H2,1-2H3,(H3,13,14,15,16). The zero-order valence-electron chi connectivity index (χ0n) is 10.9. The molecule has 0 radical (unpaired) electrons. The molecule has 1 aliphatic rings. The molecule has 1 aromatic rings. The largest absolute Gasteiger partial charge is 0.384 e. The Morgan fingerprint density at radius 1 is 1.56 bits per heavy atom. The summed E-state index contributed by atoms with van der Waals surface area (Å²) in [6, 6.07) is 1.73. The summed E-state index contributed by atoms with van der Waals surface area (Å²) in [5, 5.41) is 3.26. The van der Waals surface area contributed by atoms with Gasteiger partial charge >= 0.3 is 0 Å². The summed E-state index contributed by atoms with van der Waals surface area (Å²) in [5.74, 6) is 1.97. The fraction of sp³-hybridized carbons (Fsp3) is 0.667. The molecule has 0 spiro atoms. The molecule has 3 N–H and O–H groups in total. The fourth-order valence-corrected chi connectivity index (χ4v) is 1.98. The highest BCUT2D eigenvalue weighted by Crippen LogP contribution is 2.23. The molecule has 2 heterocycles. The zero-order chi connectivity index (χ0) is 13.0. The van der Waals surface area contributed by atoms with Crippen molar-refractivity contribution in [2.24, 2.45) is 0 Å². The second-order valence-electron chi connectivity index (χ2n) is 4.49. The van der Waals surface area contributed by atoms with Gasteiger partial charge in [0.2, 0.25) is 0 Å². The smallest absolute Gasteiger partial charge is 0.132 e. The molecule has 1 atom stereocenters. The van der Waals surface area contributed by atoms with Crippen molar-refractivity contribution in [3.8, 4) is 0 Å². The van der Waals surface area contributed by atoms with E-state index in [-0.39, 0.29) is 5.60 Å². The lowest BCUT2D eigenvalue weighted by molar-refractivity contribution is -0.00625. The first-order valence-corrected chi connectivity index (χ1v) is 6.18. The minimum atomic E-state index is -0.258.